The summed E-state index contributed by atoms with van der Waals surface area (Å²) in [6.45, 7) is 5.74. The summed E-state index contributed by atoms with van der Waals surface area (Å²) in [4.78, 5) is 67.4. The first-order chi connectivity index (χ1) is 17.5. The number of carbonyl (C=O) groups excluding carboxylic acids is 5. The number of nitrogens with one attached hydrogen (secondary N) is 5. The van der Waals surface area contributed by atoms with Gasteiger partial charge in [0.05, 0.1) is 6.04 Å². The van der Waals surface area contributed by atoms with Crippen LogP contribution in [0.1, 0.15) is 63.4 Å². The third-order valence-electron chi connectivity index (χ3n) is 6.69. The zero-order chi connectivity index (χ0) is 26.7. The van der Waals surface area contributed by atoms with E-state index < -0.39 is 47.0 Å². The zero-order valence-corrected chi connectivity index (χ0v) is 21.5. The molecule has 198 valence electrons. The van der Waals surface area contributed by atoms with Gasteiger partial charge < -0.3 is 26.3 Å². The number of H-pyrrole nitrogens is 1. The molecule has 10 heteroatoms. The van der Waals surface area contributed by atoms with Crippen LogP contribution in [-0.2, 0) is 19.2 Å². The Morgan fingerprint density at radius 2 is 1.73 bits per heavy atom. The number of amides is 4. The molecule has 2 heterocycles. The van der Waals surface area contributed by atoms with Crippen LogP contribution >= 0.6 is 0 Å². The fourth-order valence-corrected chi connectivity index (χ4v) is 4.57. The molecule has 2 aromatic rings. The maximum absolute atomic E-state index is 13.4. The molecule has 1 aliphatic heterocycles. The highest BCUT2D eigenvalue weighted by molar-refractivity contribution is 6.38. The van der Waals surface area contributed by atoms with E-state index in [0.29, 0.717) is 31.0 Å². The second kappa shape index (κ2) is 10.7. The van der Waals surface area contributed by atoms with E-state index >= 15 is 0 Å². The summed E-state index contributed by atoms with van der Waals surface area (Å²) in [7, 11) is 0. The van der Waals surface area contributed by atoms with E-state index in [-0.39, 0.29) is 12.3 Å². The first-order valence-electron chi connectivity index (χ1n) is 12.8. The molecule has 2 fully saturated rings. The van der Waals surface area contributed by atoms with Gasteiger partial charge in [0.1, 0.15) is 11.7 Å². The van der Waals surface area contributed by atoms with Gasteiger partial charge in [-0.25, -0.2) is 0 Å². The standard InChI is InChI=1S/C27H35N5O5/c1-27(2,3)32-26(37)22(33)19(14-17-10-11-28-23(17)34)30-24(35)20(12-15-8-9-15)31-25(36)21-13-16-6-4-5-7-18(16)29-21/h4-7,13,15,17,19-20,29H,8-12,14H2,1-3H3,(H,28,34)(H,30,35)(H,31,36)(H,32,37)/t17-,19?,20-/m0/s1. The minimum absolute atomic E-state index is 0.0140. The average molecular weight is 510 g/mol. The highest BCUT2D eigenvalue weighted by Crippen LogP contribution is 2.33. The Morgan fingerprint density at radius 3 is 2.35 bits per heavy atom. The number of fused-ring (bicyclic) bond motifs is 1. The maximum atomic E-state index is 13.4. The molecule has 1 aromatic heterocycles. The van der Waals surface area contributed by atoms with Crippen LogP contribution in [0, 0.1) is 11.8 Å². The van der Waals surface area contributed by atoms with Gasteiger partial charge in [-0.1, -0.05) is 31.0 Å². The van der Waals surface area contributed by atoms with Crippen molar-refractivity contribution in [1.29, 1.82) is 0 Å². The fourth-order valence-electron chi connectivity index (χ4n) is 4.57. The van der Waals surface area contributed by atoms with Gasteiger partial charge in [0.25, 0.3) is 11.8 Å². The van der Waals surface area contributed by atoms with Crippen LogP contribution < -0.4 is 21.3 Å². The van der Waals surface area contributed by atoms with Crippen LogP contribution in [0.2, 0.25) is 0 Å². The largest absolute Gasteiger partial charge is 0.356 e. The van der Waals surface area contributed by atoms with E-state index in [0.717, 1.165) is 23.7 Å². The van der Waals surface area contributed by atoms with Gasteiger partial charge in [-0.15, -0.1) is 0 Å². The summed E-state index contributed by atoms with van der Waals surface area (Å²) in [5.74, 6) is -2.99. The zero-order valence-electron chi connectivity index (χ0n) is 21.5. The summed E-state index contributed by atoms with van der Waals surface area (Å²) in [5, 5.41) is 11.7. The number of para-hydroxylation sites is 1. The molecule has 1 saturated carbocycles. The fraction of sp³-hybridized carbons (Fsp3) is 0.519. The Bertz CT molecular complexity index is 1180. The van der Waals surface area contributed by atoms with Crippen molar-refractivity contribution in [3.05, 3.63) is 36.0 Å². The molecule has 1 unspecified atom stereocenters. The molecule has 3 atom stereocenters. The lowest BCUT2D eigenvalue weighted by Gasteiger charge is -2.25. The van der Waals surface area contributed by atoms with Crippen LogP contribution in [0.5, 0.6) is 0 Å². The monoisotopic (exact) mass is 509 g/mol. The number of ketones is 1. The van der Waals surface area contributed by atoms with Crippen molar-refractivity contribution < 1.29 is 24.0 Å². The number of hydrogen-bond donors (Lipinski definition) is 5. The second-order valence-electron chi connectivity index (χ2n) is 11.1. The Hall–Kier alpha value is -3.69. The summed E-state index contributed by atoms with van der Waals surface area (Å²) >= 11 is 0. The first kappa shape index (κ1) is 26.4. The van der Waals surface area contributed by atoms with Gasteiger partial charge in [0.15, 0.2) is 0 Å². The number of Topliss-reactive ketones (excluding diaryl/α,β-unsaturated/α-hetero) is 1. The molecule has 2 aliphatic rings. The average Bonchev–Trinajstić information content (AvgIpc) is 3.39. The van der Waals surface area contributed by atoms with E-state index in [1.54, 1.807) is 26.8 Å². The third-order valence-corrected chi connectivity index (χ3v) is 6.69. The van der Waals surface area contributed by atoms with Crippen molar-refractivity contribution in [1.82, 2.24) is 26.3 Å². The van der Waals surface area contributed by atoms with Gasteiger partial charge >= 0.3 is 0 Å². The third kappa shape index (κ3) is 6.96. The second-order valence-corrected chi connectivity index (χ2v) is 11.1. The Labute approximate surface area is 215 Å². The number of rotatable bonds is 10. The summed E-state index contributed by atoms with van der Waals surface area (Å²) in [6, 6.07) is 7.13. The molecule has 4 rings (SSSR count). The van der Waals surface area contributed by atoms with Crippen molar-refractivity contribution in [2.24, 2.45) is 11.8 Å². The molecule has 1 saturated heterocycles. The van der Waals surface area contributed by atoms with Crippen molar-refractivity contribution in [3.63, 3.8) is 0 Å². The van der Waals surface area contributed by atoms with Crippen molar-refractivity contribution in [2.45, 2.75) is 70.5 Å². The topological polar surface area (TPSA) is 149 Å². The molecule has 1 aromatic carbocycles. The van der Waals surface area contributed by atoms with Gasteiger partial charge in [0.2, 0.25) is 17.6 Å². The van der Waals surface area contributed by atoms with Crippen LogP contribution in [-0.4, -0.2) is 58.6 Å². The van der Waals surface area contributed by atoms with Gasteiger partial charge in [-0.05, 0) is 58.1 Å². The SMILES string of the molecule is CC(C)(C)NC(=O)C(=O)C(C[C@@H]1CCNC1=O)NC(=O)[C@H](CC1CC1)NC(=O)c1cc2ccccc2[nH]1. The molecule has 10 nitrogen and oxygen atoms in total. The number of aromatic nitrogens is 1. The van der Waals surface area contributed by atoms with E-state index in [2.05, 4.69) is 26.3 Å². The van der Waals surface area contributed by atoms with Crippen LogP contribution in [0.3, 0.4) is 0 Å². The van der Waals surface area contributed by atoms with E-state index in [1.165, 1.54) is 0 Å². The number of aromatic amines is 1. The van der Waals surface area contributed by atoms with Gasteiger partial charge in [-0.2, -0.15) is 0 Å². The van der Waals surface area contributed by atoms with Gasteiger partial charge in [-0.3, -0.25) is 24.0 Å². The van der Waals surface area contributed by atoms with Crippen molar-refractivity contribution >= 4 is 40.3 Å². The minimum Gasteiger partial charge on any atom is -0.356 e. The number of benzene rings is 1. The van der Waals surface area contributed by atoms with Crippen molar-refractivity contribution in [2.75, 3.05) is 6.54 Å². The highest BCUT2D eigenvalue weighted by atomic mass is 16.2. The summed E-state index contributed by atoms with van der Waals surface area (Å²) < 4.78 is 0. The molecule has 5 N–H and O–H groups in total. The number of carbonyl (C=O) groups is 5. The maximum Gasteiger partial charge on any atom is 0.290 e. The Balaban J connectivity index is 1.50. The van der Waals surface area contributed by atoms with E-state index in [1.807, 2.05) is 24.3 Å². The smallest absolute Gasteiger partial charge is 0.290 e. The van der Waals surface area contributed by atoms with Crippen LogP contribution in [0.15, 0.2) is 30.3 Å². The highest BCUT2D eigenvalue weighted by Gasteiger charge is 2.37. The van der Waals surface area contributed by atoms with Crippen LogP contribution in [0.4, 0.5) is 0 Å². The Morgan fingerprint density at radius 1 is 1.00 bits per heavy atom. The molecule has 37 heavy (non-hydrogen) atoms. The minimum atomic E-state index is -1.18. The molecule has 4 amide bonds. The quantitative estimate of drug-likeness (QED) is 0.308. The van der Waals surface area contributed by atoms with Crippen LogP contribution in [0.25, 0.3) is 10.9 Å². The van der Waals surface area contributed by atoms with E-state index in [4.69, 9.17) is 0 Å². The Kier molecular flexibility index (Phi) is 7.65. The lowest BCUT2D eigenvalue weighted by atomic mass is 9.94. The number of hydrogen-bond acceptors (Lipinski definition) is 5. The molecule has 0 bridgehead atoms. The molecular formula is C27H35N5O5. The van der Waals surface area contributed by atoms with E-state index in [9.17, 15) is 24.0 Å². The predicted molar refractivity (Wildman–Crippen MR) is 137 cm³/mol. The predicted octanol–water partition coefficient (Wildman–Crippen LogP) is 1.56. The summed E-state index contributed by atoms with van der Waals surface area (Å²) in [6.07, 6.45) is 2.88. The molecule has 0 spiro atoms. The first-order valence-corrected chi connectivity index (χ1v) is 12.8. The van der Waals surface area contributed by atoms with Gasteiger partial charge in [0, 0.05) is 28.9 Å². The molecule has 0 radical (unpaired) electrons. The lowest BCUT2D eigenvalue weighted by Crippen LogP contribution is -2.56. The normalized spacial score (nSPS) is 19.1. The molecular weight excluding hydrogens is 474 g/mol. The summed E-state index contributed by atoms with van der Waals surface area (Å²) in [5.41, 5.74) is 0.490. The lowest BCUT2D eigenvalue weighted by molar-refractivity contribution is -0.141. The van der Waals surface area contributed by atoms with Crippen molar-refractivity contribution in [3.8, 4) is 0 Å². The molecule has 1 aliphatic carbocycles.